The highest BCUT2D eigenvalue weighted by Gasteiger charge is 2.34. The summed E-state index contributed by atoms with van der Waals surface area (Å²) in [6.45, 7) is 0. The van der Waals surface area contributed by atoms with E-state index in [0.29, 0.717) is 5.75 Å². The number of carbonyl (C=O) groups excluding carboxylic acids is 1. The molecule has 3 rings (SSSR count). The Bertz CT molecular complexity index is 719. The summed E-state index contributed by atoms with van der Waals surface area (Å²) in [6, 6.07) is 16.4. The van der Waals surface area contributed by atoms with E-state index in [1.807, 2.05) is 48.5 Å². The SMILES string of the molecule is COc1ccc2c(c1)N(c1ccccc1)C(C#N)C(=O)C2. The molecule has 1 aliphatic heterocycles. The Morgan fingerprint density at radius 1 is 1.24 bits per heavy atom. The van der Waals surface area contributed by atoms with Gasteiger partial charge in [-0.3, -0.25) is 4.79 Å². The third-order valence-electron chi connectivity index (χ3n) is 3.64. The van der Waals surface area contributed by atoms with Gasteiger partial charge in [0.15, 0.2) is 11.8 Å². The molecule has 1 atom stereocenters. The minimum absolute atomic E-state index is 0.0842. The summed E-state index contributed by atoms with van der Waals surface area (Å²) in [4.78, 5) is 14.0. The molecule has 2 aromatic carbocycles. The van der Waals surface area contributed by atoms with Gasteiger partial charge < -0.3 is 9.64 Å². The van der Waals surface area contributed by atoms with Crippen LogP contribution >= 0.6 is 0 Å². The molecule has 0 saturated heterocycles. The molecule has 21 heavy (non-hydrogen) atoms. The van der Waals surface area contributed by atoms with Crippen molar-refractivity contribution in [2.24, 2.45) is 0 Å². The minimum atomic E-state index is -0.799. The minimum Gasteiger partial charge on any atom is -0.497 e. The van der Waals surface area contributed by atoms with E-state index in [0.717, 1.165) is 16.9 Å². The molecule has 0 bridgehead atoms. The van der Waals surface area contributed by atoms with E-state index in [2.05, 4.69) is 6.07 Å². The quantitative estimate of drug-likeness (QED) is 0.847. The summed E-state index contributed by atoms with van der Waals surface area (Å²) < 4.78 is 5.27. The predicted molar refractivity (Wildman–Crippen MR) is 79.7 cm³/mol. The molecule has 0 aromatic heterocycles. The van der Waals surface area contributed by atoms with Crippen molar-refractivity contribution < 1.29 is 9.53 Å². The number of nitrogens with zero attached hydrogens (tertiary/aromatic N) is 2. The number of ketones is 1. The lowest BCUT2D eigenvalue weighted by atomic mass is 9.94. The number of methoxy groups -OCH3 is 1. The van der Waals surface area contributed by atoms with Gasteiger partial charge in [0.1, 0.15) is 5.75 Å². The number of rotatable bonds is 2. The van der Waals surface area contributed by atoms with Gasteiger partial charge in [0.05, 0.1) is 18.9 Å². The summed E-state index contributed by atoms with van der Waals surface area (Å²) in [6.07, 6.45) is 0.279. The zero-order chi connectivity index (χ0) is 14.8. The topological polar surface area (TPSA) is 53.3 Å². The molecule has 104 valence electrons. The number of hydrogen-bond donors (Lipinski definition) is 0. The number of anilines is 2. The molecule has 4 nitrogen and oxygen atoms in total. The second-order valence-electron chi connectivity index (χ2n) is 4.87. The van der Waals surface area contributed by atoms with Gasteiger partial charge in [0.25, 0.3) is 0 Å². The maximum Gasteiger partial charge on any atom is 0.180 e. The van der Waals surface area contributed by atoms with Gasteiger partial charge in [-0.05, 0) is 23.8 Å². The van der Waals surface area contributed by atoms with Crippen LogP contribution in [-0.4, -0.2) is 18.9 Å². The van der Waals surface area contributed by atoms with E-state index in [4.69, 9.17) is 4.74 Å². The van der Waals surface area contributed by atoms with Crippen molar-refractivity contribution in [2.45, 2.75) is 12.5 Å². The molecule has 0 aliphatic carbocycles. The Morgan fingerprint density at radius 2 is 2.00 bits per heavy atom. The zero-order valence-corrected chi connectivity index (χ0v) is 11.6. The molecular formula is C17H14N2O2. The van der Waals surface area contributed by atoms with E-state index in [9.17, 15) is 10.1 Å². The number of benzene rings is 2. The average molecular weight is 278 g/mol. The highest BCUT2D eigenvalue weighted by molar-refractivity contribution is 5.98. The van der Waals surface area contributed by atoms with Crippen molar-refractivity contribution in [3.05, 3.63) is 54.1 Å². The summed E-state index contributed by atoms with van der Waals surface area (Å²) in [5, 5.41) is 9.40. The van der Waals surface area contributed by atoms with Crippen LogP contribution in [0.4, 0.5) is 11.4 Å². The van der Waals surface area contributed by atoms with E-state index in [1.165, 1.54) is 0 Å². The van der Waals surface area contributed by atoms with Gasteiger partial charge in [-0.25, -0.2) is 0 Å². The van der Waals surface area contributed by atoms with Gasteiger partial charge in [-0.2, -0.15) is 5.26 Å². The largest absolute Gasteiger partial charge is 0.497 e. The van der Waals surface area contributed by atoms with Crippen LogP contribution in [0.2, 0.25) is 0 Å². The van der Waals surface area contributed by atoms with Gasteiger partial charge in [-0.15, -0.1) is 0 Å². The first kappa shape index (κ1) is 13.2. The molecule has 0 fully saturated rings. The number of carbonyl (C=O) groups is 1. The Kier molecular flexibility index (Phi) is 3.33. The van der Waals surface area contributed by atoms with Crippen molar-refractivity contribution in [2.75, 3.05) is 12.0 Å². The Balaban J connectivity index is 2.19. The maximum absolute atomic E-state index is 12.2. The predicted octanol–water partition coefficient (Wildman–Crippen LogP) is 2.85. The van der Waals surface area contributed by atoms with Gasteiger partial charge in [0, 0.05) is 18.2 Å². The fourth-order valence-electron chi connectivity index (χ4n) is 2.62. The fraction of sp³-hybridized carbons (Fsp3) is 0.176. The molecule has 1 unspecified atom stereocenters. The smallest absolute Gasteiger partial charge is 0.180 e. The number of fused-ring (bicyclic) bond motifs is 1. The summed E-state index contributed by atoms with van der Waals surface area (Å²) >= 11 is 0. The Hall–Kier alpha value is -2.80. The second-order valence-corrected chi connectivity index (χ2v) is 4.87. The first-order valence-electron chi connectivity index (χ1n) is 6.68. The molecule has 0 amide bonds. The summed E-state index contributed by atoms with van der Waals surface area (Å²) in [5.41, 5.74) is 2.59. The highest BCUT2D eigenvalue weighted by Crippen LogP contribution is 2.37. The second kappa shape index (κ2) is 5.29. The highest BCUT2D eigenvalue weighted by atomic mass is 16.5. The van der Waals surface area contributed by atoms with E-state index < -0.39 is 6.04 Å². The number of ether oxygens (including phenoxy) is 1. The van der Waals surface area contributed by atoms with Crippen LogP contribution in [0.5, 0.6) is 5.75 Å². The Morgan fingerprint density at radius 3 is 2.67 bits per heavy atom. The van der Waals surface area contributed by atoms with Crippen LogP contribution in [0.1, 0.15) is 5.56 Å². The normalized spacial score (nSPS) is 17.0. The summed E-state index contributed by atoms with van der Waals surface area (Å²) in [7, 11) is 1.60. The van der Waals surface area contributed by atoms with E-state index in [-0.39, 0.29) is 12.2 Å². The molecule has 1 aliphatic rings. The standard InChI is InChI=1S/C17H14N2O2/c1-21-14-8-7-12-9-17(20)16(11-18)19(15(12)10-14)13-5-3-2-4-6-13/h2-8,10,16H,9H2,1H3. The number of Topliss-reactive ketones (excluding diaryl/α,β-unsaturated/α-hetero) is 1. The van der Waals surface area contributed by atoms with Crippen molar-refractivity contribution in [1.82, 2.24) is 0 Å². The van der Waals surface area contributed by atoms with Crippen LogP contribution < -0.4 is 9.64 Å². The molecular weight excluding hydrogens is 264 g/mol. The lowest BCUT2D eigenvalue weighted by Crippen LogP contribution is -2.42. The number of nitriles is 1. The van der Waals surface area contributed by atoms with Gasteiger partial charge in [-0.1, -0.05) is 24.3 Å². The first-order chi connectivity index (χ1) is 10.2. The van der Waals surface area contributed by atoms with Crippen LogP contribution in [0.25, 0.3) is 0 Å². The van der Waals surface area contributed by atoms with Gasteiger partial charge in [0.2, 0.25) is 0 Å². The van der Waals surface area contributed by atoms with Gasteiger partial charge >= 0.3 is 0 Å². The third kappa shape index (κ3) is 2.23. The molecule has 0 saturated carbocycles. The van der Waals surface area contributed by atoms with Crippen molar-refractivity contribution in [3.8, 4) is 11.8 Å². The zero-order valence-electron chi connectivity index (χ0n) is 11.6. The molecule has 0 spiro atoms. The first-order valence-corrected chi connectivity index (χ1v) is 6.68. The fourth-order valence-corrected chi connectivity index (χ4v) is 2.62. The number of para-hydroxylation sites is 1. The lowest BCUT2D eigenvalue weighted by molar-refractivity contribution is -0.118. The third-order valence-corrected chi connectivity index (χ3v) is 3.64. The maximum atomic E-state index is 12.2. The molecule has 1 heterocycles. The lowest BCUT2D eigenvalue weighted by Gasteiger charge is -2.34. The average Bonchev–Trinajstić information content (AvgIpc) is 2.54. The number of hydrogen-bond acceptors (Lipinski definition) is 4. The Labute approximate surface area is 123 Å². The molecule has 2 aromatic rings. The van der Waals surface area contributed by atoms with Crippen molar-refractivity contribution in [1.29, 1.82) is 5.26 Å². The molecule has 4 heteroatoms. The van der Waals surface area contributed by atoms with Crippen LogP contribution in [-0.2, 0) is 11.2 Å². The molecule has 0 radical (unpaired) electrons. The monoisotopic (exact) mass is 278 g/mol. The van der Waals surface area contributed by atoms with E-state index >= 15 is 0 Å². The van der Waals surface area contributed by atoms with Crippen molar-refractivity contribution in [3.63, 3.8) is 0 Å². The molecule has 0 N–H and O–H groups in total. The van der Waals surface area contributed by atoms with Crippen LogP contribution in [0, 0.1) is 11.3 Å². The van der Waals surface area contributed by atoms with Crippen molar-refractivity contribution >= 4 is 17.2 Å². The van der Waals surface area contributed by atoms with E-state index in [1.54, 1.807) is 12.0 Å². The summed E-state index contributed by atoms with van der Waals surface area (Å²) in [5.74, 6) is 0.625. The van der Waals surface area contributed by atoms with Crippen LogP contribution in [0.15, 0.2) is 48.5 Å². The van der Waals surface area contributed by atoms with Crippen LogP contribution in [0.3, 0.4) is 0 Å².